The number of carbonyl (C=O) groups excluding carboxylic acids is 3. The van der Waals surface area contributed by atoms with Crippen LogP contribution in [0.5, 0.6) is 28.7 Å². The summed E-state index contributed by atoms with van der Waals surface area (Å²) >= 11 is 0. The van der Waals surface area contributed by atoms with Gasteiger partial charge in [0.2, 0.25) is 12.5 Å². The van der Waals surface area contributed by atoms with Crippen LogP contribution in [0.4, 0.5) is 9.59 Å². The normalized spacial score (nSPS) is 21.2. The van der Waals surface area contributed by atoms with Crippen molar-refractivity contribution in [1.29, 1.82) is 0 Å². The molecule has 0 N–H and O–H groups in total. The van der Waals surface area contributed by atoms with Gasteiger partial charge in [-0.3, -0.25) is 4.90 Å². The molecule has 13 nitrogen and oxygen atoms in total. The fourth-order valence-corrected chi connectivity index (χ4v) is 7.32. The lowest BCUT2D eigenvalue weighted by Crippen LogP contribution is -2.46. The third-order valence-corrected chi connectivity index (χ3v) is 9.15. The largest absolute Gasteiger partial charge is 0.493 e. The predicted octanol–water partition coefficient (Wildman–Crippen LogP) is 6.13. The van der Waals surface area contributed by atoms with Gasteiger partial charge in [0, 0.05) is 35.8 Å². The van der Waals surface area contributed by atoms with Crippen LogP contribution < -0.4 is 23.7 Å². The van der Waals surface area contributed by atoms with E-state index < -0.39 is 35.4 Å². The second-order valence-electron chi connectivity index (χ2n) is 14.6. The van der Waals surface area contributed by atoms with Crippen LogP contribution in [0.15, 0.2) is 12.1 Å². The Balaban J connectivity index is 1.52. The lowest BCUT2D eigenvalue weighted by Gasteiger charge is -2.42. The number of benzene rings is 2. The molecule has 4 aliphatic heterocycles. The Kier molecular flexibility index (Phi) is 8.91. The monoisotopic (exact) mass is 682 g/mol. The lowest BCUT2D eigenvalue weighted by atomic mass is 9.81. The fraction of sp³-hybridized carbons (Fsp3) is 0.583. The van der Waals surface area contributed by atoms with Gasteiger partial charge in [-0.15, -0.1) is 0 Å². The van der Waals surface area contributed by atoms with E-state index in [1.807, 2.05) is 20.8 Å². The van der Waals surface area contributed by atoms with Crippen LogP contribution >= 0.6 is 0 Å². The maximum Gasteiger partial charge on any atom is 0.410 e. The molecule has 266 valence electrons. The first-order valence-electron chi connectivity index (χ1n) is 16.6. The number of nitrogens with zero attached hydrogens (tertiary/aromatic N) is 2. The maximum atomic E-state index is 14.0. The van der Waals surface area contributed by atoms with E-state index in [-0.39, 0.29) is 36.8 Å². The fourth-order valence-electron chi connectivity index (χ4n) is 7.32. The second kappa shape index (κ2) is 12.7. The minimum Gasteiger partial charge on any atom is -0.493 e. The van der Waals surface area contributed by atoms with Gasteiger partial charge in [0.25, 0.3) is 0 Å². The summed E-state index contributed by atoms with van der Waals surface area (Å²) in [5.74, 6) is 1.34. The third kappa shape index (κ3) is 6.23. The minimum atomic E-state index is -0.958. The van der Waals surface area contributed by atoms with E-state index in [9.17, 15) is 14.4 Å². The molecule has 49 heavy (non-hydrogen) atoms. The van der Waals surface area contributed by atoms with Gasteiger partial charge in [0.1, 0.15) is 22.8 Å². The summed E-state index contributed by atoms with van der Waals surface area (Å²) in [6.45, 7) is 11.8. The number of ether oxygens (including phenoxy) is 8. The Morgan fingerprint density at radius 1 is 0.857 bits per heavy atom. The van der Waals surface area contributed by atoms with E-state index >= 15 is 0 Å². The van der Waals surface area contributed by atoms with Crippen molar-refractivity contribution < 1.29 is 52.3 Å². The number of esters is 1. The number of hydrogen-bond donors (Lipinski definition) is 0. The van der Waals surface area contributed by atoms with E-state index in [2.05, 4.69) is 0 Å². The average Bonchev–Trinajstić information content (AvgIpc) is 3.77. The third-order valence-electron chi connectivity index (χ3n) is 9.15. The highest BCUT2D eigenvalue weighted by Gasteiger charge is 2.50. The van der Waals surface area contributed by atoms with Gasteiger partial charge in [-0.25, -0.2) is 14.4 Å². The number of carbonyl (C=O) groups is 3. The van der Waals surface area contributed by atoms with Gasteiger partial charge in [-0.05, 0) is 78.9 Å². The SMILES string of the molecule is COc1ccc2c(c1OC)C(=O)O[C@@H]2[C@H]1c2c(c(CC3CCCN3C(=O)OC(C)(C)C)c3c(c2OC)OCO3)CCN1C(=O)OC(C)(C)C. The molecule has 3 atom stereocenters. The maximum absolute atomic E-state index is 14.0. The van der Waals surface area contributed by atoms with E-state index in [1.165, 1.54) is 21.3 Å². The molecule has 0 saturated carbocycles. The molecule has 1 unspecified atom stereocenters. The van der Waals surface area contributed by atoms with Crippen molar-refractivity contribution in [3.05, 3.63) is 39.9 Å². The topological polar surface area (TPSA) is 132 Å². The Labute approximate surface area is 286 Å². The highest BCUT2D eigenvalue weighted by atomic mass is 16.7. The van der Waals surface area contributed by atoms with Crippen molar-refractivity contribution in [2.45, 2.75) is 96.6 Å². The number of likely N-dealkylation sites (tertiary alicyclic amines) is 1. The molecule has 6 rings (SSSR count). The zero-order valence-electron chi connectivity index (χ0n) is 29.7. The van der Waals surface area contributed by atoms with Crippen molar-refractivity contribution >= 4 is 18.2 Å². The summed E-state index contributed by atoms with van der Waals surface area (Å²) < 4.78 is 47.1. The molecule has 4 heterocycles. The van der Waals surface area contributed by atoms with Gasteiger partial charge < -0.3 is 42.8 Å². The highest BCUT2D eigenvalue weighted by Crippen LogP contribution is 2.57. The van der Waals surface area contributed by atoms with Crippen LogP contribution in [0.2, 0.25) is 0 Å². The Morgan fingerprint density at radius 3 is 2.14 bits per heavy atom. The van der Waals surface area contributed by atoms with Crippen molar-refractivity contribution in [2.24, 2.45) is 0 Å². The van der Waals surface area contributed by atoms with Crippen molar-refractivity contribution in [3.8, 4) is 28.7 Å². The van der Waals surface area contributed by atoms with Crippen LogP contribution in [0, 0.1) is 0 Å². The van der Waals surface area contributed by atoms with E-state index in [4.69, 9.17) is 37.9 Å². The molecule has 2 amide bonds. The van der Waals surface area contributed by atoms with E-state index in [0.29, 0.717) is 53.5 Å². The standard InChI is InChI=1S/C36H46N2O11/c1-35(2,3)48-33(40)37-15-10-11-19(37)17-22-20-14-16-38(34(41)49-36(4,5)6)26(24(20)30(44-9)31-28(22)45-18-46-31)27-21-12-13-23(42-7)29(43-8)25(21)32(39)47-27/h12-13,19,26-27H,10-11,14-18H2,1-9H3/t19?,26-,27+/m1/s1. The highest BCUT2D eigenvalue weighted by molar-refractivity contribution is 5.98. The Hall–Kier alpha value is -4.55. The van der Waals surface area contributed by atoms with Crippen LogP contribution in [0.1, 0.15) is 99.1 Å². The Morgan fingerprint density at radius 2 is 1.51 bits per heavy atom. The number of amides is 2. The molecule has 13 heteroatoms. The molecule has 0 aromatic heterocycles. The smallest absolute Gasteiger partial charge is 0.410 e. The van der Waals surface area contributed by atoms with E-state index in [0.717, 1.165) is 24.0 Å². The van der Waals surface area contributed by atoms with Crippen LogP contribution in [-0.4, -0.2) is 86.4 Å². The van der Waals surface area contributed by atoms with Crippen molar-refractivity contribution in [1.82, 2.24) is 9.80 Å². The zero-order chi connectivity index (χ0) is 35.4. The van der Waals surface area contributed by atoms with Crippen LogP contribution in [0.25, 0.3) is 0 Å². The summed E-state index contributed by atoms with van der Waals surface area (Å²) in [5, 5.41) is 0. The molecule has 2 aromatic rings. The predicted molar refractivity (Wildman–Crippen MR) is 176 cm³/mol. The quantitative estimate of drug-likeness (QED) is 0.258. The summed E-state index contributed by atoms with van der Waals surface area (Å²) in [7, 11) is 4.48. The number of methoxy groups -OCH3 is 3. The van der Waals surface area contributed by atoms with Gasteiger partial charge >= 0.3 is 18.2 Å². The van der Waals surface area contributed by atoms with Gasteiger partial charge in [0.15, 0.2) is 29.1 Å². The van der Waals surface area contributed by atoms with Crippen molar-refractivity contribution in [3.63, 3.8) is 0 Å². The number of hydrogen-bond acceptors (Lipinski definition) is 11. The van der Waals surface area contributed by atoms with Gasteiger partial charge in [0.05, 0.1) is 21.3 Å². The second-order valence-corrected chi connectivity index (χ2v) is 14.6. The molecule has 2 aromatic carbocycles. The number of rotatable bonds is 6. The Bertz CT molecular complexity index is 1660. The molecular weight excluding hydrogens is 636 g/mol. The summed E-state index contributed by atoms with van der Waals surface area (Å²) in [4.78, 5) is 44.3. The van der Waals surface area contributed by atoms with Crippen LogP contribution in [-0.2, 0) is 27.1 Å². The summed E-state index contributed by atoms with van der Waals surface area (Å²) in [6, 6.07) is 2.42. The molecule has 0 aliphatic carbocycles. The summed E-state index contributed by atoms with van der Waals surface area (Å²) in [6.07, 6.45) is 0.602. The van der Waals surface area contributed by atoms with Crippen molar-refractivity contribution in [2.75, 3.05) is 41.2 Å². The lowest BCUT2D eigenvalue weighted by molar-refractivity contribution is -0.0195. The van der Waals surface area contributed by atoms with Gasteiger partial charge in [-0.1, -0.05) is 6.07 Å². The van der Waals surface area contributed by atoms with E-state index in [1.54, 1.807) is 42.7 Å². The number of fused-ring (bicyclic) bond motifs is 3. The number of cyclic esters (lactones) is 1. The molecule has 1 saturated heterocycles. The first-order chi connectivity index (χ1) is 23.2. The minimum absolute atomic E-state index is 0.0271. The molecule has 0 radical (unpaired) electrons. The molecule has 1 fully saturated rings. The van der Waals surface area contributed by atoms with Crippen LogP contribution in [0.3, 0.4) is 0 Å². The average molecular weight is 683 g/mol. The molecular formula is C36H46N2O11. The molecule has 4 aliphatic rings. The molecule has 0 spiro atoms. The molecule has 0 bridgehead atoms. The first-order valence-corrected chi connectivity index (χ1v) is 16.6. The van der Waals surface area contributed by atoms with Gasteiger partial charge in [-0.2, -0.15) is 0 Å². The first kappa shape index (κ1) is 34.3. The zero-order valence-corrected chi connectivity index (χ0v) is 29.7. The summed E-state index contributed by atoms with van der Waals surface area (Å²) in [5.41, 5.74) is 1.69.